The number of hydrogen-bond donors (Lipinski definition) is 1. The number of halogens is 9. The highest BCUT2D eigenvalue weighted by Crippen LogP contribution is 2.42. The van der Waals surface area contributed by atoms with Gasteiger partial charge >= 0.3 is 18.3 Å². The fourth-order valence-electron chi connectivity index (χ4n) is 6.44. The number of likely N-dealkylation sites (tertiary alicyclic amines) is 1. The molecule has 1 N–H and O–H groups in total. The number of aryl methyl sites for hydroxylation is 1. The van der Waals surface area contributed by atoms with E-state index in [9.17, 15) is 45.1 Å². The average molecular weight is 762 g/mol. The Morgan fingerprint density at radius 1 is 0.943 bits per heavy atom. The van der Waals surface area contributed by atoms with Crippen LogP contribution < -0.4 is 10.9 Å². The maximum Gasteiger partial charge on any atom is 0.419 e. The van der Waals surface area contributed by atoms with Crippen molar-refractivity contribution < 1.29 is 53.8 Å². The fourth-order valence-corrected chi connectivity index (χ4v) is 6.44. The van der Waals surface area contributed by atoms with Gasteiger partial charge in [-0.25, -0.2) is 13.2 Å². The molecule has 1 amide bonds. The Morgan fingerprint density at radius 3 is 2.13 bits per heavy atom. The topological polar surface area (TPSA) is 80.6 Å². The van der Waals surface area contributed by atoms with Gasteiger partial charge < -0.3 is 19.5 Å². The monoisotopic (exact) mass is 761 g/mol. The van der Waals surface area contributed by atoms with Crippen molar-refractivity contribution in [2.75, 3.05) is 26.2 Å². The van der Waals surface area contributed by atoms with Crippen LogP contribution in [0.2, 0.25) is 0 Å². The van der Waals surface area contributed by atoms with E-state index in [2.05, 4.69) is 5.32 Å². The molecule has 1 aromatic heterocycles. The van der Waals surface area contributed by atoms with Gasteiger partial charge in [0.05, 0.1) is 30.2 Å². The molecule has 290 valence electrons. The van der Waals surface area contributed by atoms with Gasteiger partial charge in [0.2, 0.25) is 5.91 Å². The molecule has 1 unspecified atom stereocenters. The number of nitrogens with one attached hydrogen (secondary N) is 1. The van der Waals surface area contributed by atoms with Crippen molar-refractivity contribution in [1.82, 2.24) is 14.8 Å². The van der Waals surface area contributed by atoms with Gasteiger partial charge in [-0.1, -0.05) is 19.9 Å². The molecule has 16 heteroatoms. The number of rotatable bonds is 13. The highest BCUT2D eigenvalue weighted by atomic mass is 19.4. The Balaban J connectivity index is 1.91. The van der Waals surface area contributed by atoms with Crippen molar-refractivity contribution >= 4 is 11.9 Å². The number of pyridine rings is 1. The highest BCUT2D eigenvalue weighted by Gasteiger charge is 2.41. The second-order valence-corrected chi connectivity index (χ2v) is 13.5. The summed E-state index contributed by atoms with van der Waals surface area (Å²) < 4.78 is 138. The molecule has 1 aliphatic rings. The van der Waals surface area contributed by atoms with Gasteiger partial charge in [0.25, 0.3) is 5.56 Å². The summed E-state index contributed by atoms with van der Waals surface area (Å²) in [5.41, 5.74) is -7.42. The molecular formula is C37H40F9N3O4. The third kappa shape index (κ3) is 9.43. The number of hydrogen-bond acceptors (Lipinski definition) is 5. The lowest BCUT2D eigenvalue weighted by molar-refractivity contribution is -0.144. The molecule has 2 aromatic carbocycles. The second kappa shape index (κ2) is 16.4. The maximum atomic E-state index is 16.6. The minimum absolute atomic E-state index is 0.128. The van der Waals surface area contributed by atoms with Crippen LogP contribution in [-0.4, -0.2) is 47.6 Å². The number of ether oxygens (including phenoxy) is 1. The first kappa shape index (κ1) is 41.4. The quantitative estimate of drug-likeness (QED) is 0.140. The van der Waals surface area contributed by atoms with Crippen molar-refractivity contribution in [1.29, 1.82) is 0 Å². The highest BCUT2D eigenvalue weighted by molar-refractivity contribution is 5.82. The van der Waals surface area contributed by atoms with E-state index >= 15 is 8.78 Å². The summed E-state index contributed by atoms with van der Waals surface area (Å²) in [7, 11) is 0. The van der Waals surface area contributed by atoms with Crippen molar-refractivity contribution in [3.05, 3.63) is 91.6 Å². The molecule has 0 bridgehead atoms. The normalized spacial score (nSPS) is 14.9. The van der Waals surface area contributed by atoms with Crippen molar-refractivity contribution in [2.45, 2.75) is 84.7 Å². The Labute approximate surface area is 300 Å². The Hall–Kier alpha value is -4.34. The average Bonchev–Trinajstić information content (AvgIpc) is 3.01. The van der Waals surface area contributed by atoms with E-state index in [0.717, 1.165) is 23.3 Å². The zero-order valence-corrected chi connectivity index (χ0v) is 29.7. The molecule has 53 heavy (non-hydrogen) atoms. The summed E-state index contributed by atoms with van der Waals surface area (Å²) in [4.78, 5) is 42.0. The number of benzene rings is 2. The Morgan fingerprint density at radius 2 is 1.58 bits per heavy atom. The van der Waals surface area contributed by atoms with Crippen molar-refractivity contribution in [3.63, 3.8) is 0 Å². The first-order valence-electron chi connectivity index (χ1n) is 17.0. The van der Waals surface area contributed by atoms with Crippen LogP contribution in [0.3, 0.4) is 0 Å². The minimum Gasteiger partial charge on any atom is -0.466 e. The zero-order chi connectivity index (χ0) is 39.6. The molecular weight excluding hydrogens is 721 g/mol. The third-order valence-corrected chi connectivity index (χ3v) is 9.21. The summed E-state index contributed by atoms with van der Waals surface area (Å²) in [6.07, 6.45) is -10.0. The van der Waals surface area contributed by atoms with Crippen LogP contribution in [-0.2, 0) is 33.1 Å². The van der Waals surface area contributed by atoms with Gasteiger partial charge in [0.1, 0.15) is 23.5 Å². The van der Waals surface area contributed by atoms with Crippen LogP contribution in [0.25, 0.3) is 11.1 Å². The van der Waals surface area contributed by atoms with Crippen molar-refractivity contribution in [3.8, 4) is 11.1 Å². The smallest absolute Gasteiger partial charge is 0.419 e. The molecule has 7 nitrogen and oxygen atoms in total. The molecule has 1 fully saturated rings. The molecule has 2 atom stereocenters. The van der Waals surface area contributed by atoms with Gasteiger partial charge in [-0.2, -0.15) is 26.3 Å². The summed E-state index contributed by atoms with van der Waals surface area (Å²) in [6, 6.07) is -1.11. The summed E-state index contributed by atoms with van der Waals surface area (Å²) in [5.74, 6) is -7.51. The molecule has 4 rings (SSSR count). The van der Waals surface area contributed by atoms with E-state index in [1.54, 1.807) is 13.8 Å². The number of aromatic nitrogens is 1. The van der Waals surface area contributed by atoms with Crippen LogP contribution in [0, 0.1) is 37.2 Å². The van der Waals surface area contributed by atoms with Crippen LogP contribution in [0.4, 0.5) is 39.5 Å². The van der Waals surface area contributed by atoms with E-state index in [0.29, 0.717) is 19.2 Å². The molecule has 3 aromatic rings. The number of alkyl halides is 6. The van der Waals surface area contributed by atoms with E-state index in [1.165, 1.54) is 26.8 Å². The largest absolute Gasteiger partial charge is 0.466 e. The molecule has 0 radical (unpaired) electrons. The third-order valence-electron chi connectivity index (χ3n) is 9.21. The van der Waals surface area contributed by atoms with E-state index < -0.39 is 93.9 Å². The number of esters is 1. The van der Waals surface area contributed by atoms with Gasteiger partial charge in [-0.05, 0) is 93.4 Å². The fraction of sp³-hybridized carbons (Fsp3) is 0.486. The Bertz CT molecular complexity index is 1900. The van der Waals surface area contributed by atoms with Crippen molar-refractivity contribution in [2.24, 2.45) is 5.92 Å². The molecule has 0 saturated carbocycles. The molecule has 1 aliphatic heterocycles. The summed E-state index contributed by atoms with van der Waals surface area (Å²) >= 11 is 0. The number of carbonyl (C=O) groups is 2. The first-order chi connectivity index (χ1) is 24.6. The lowest BCUT2D eigenvalue weighted by Crippen LogP contribution is -2.41. The standard InChI is InChI=1S/C37H40F9N3O4/c1-6-53-30(51)17-27(32-33(39)23(15-25(34(32)40)37(44,45)46)31-20(4)8-9-26(38)21(31)5)47-35(52)28(14-19(2)3)49-18-22(10-13-48-11-7-12-48)24(16-29(49)50)36(41,42)43/h8-9,15-16,18-19,27-28H,6-7,10-14,17H2,1-5H3,(H,47,52)/t27-,28?/m0/s1. The first-order valence-corrected chi connectivity index (χ1v) is 17.0. The predicted molar refractivity (Wildman–Crippen MR) is 177 cm³/mol. The number of nitrogens with zero attached hydrogens (tertiary/aromatic N) is 2. The molecule has 2 heterocycles. The minimum atomic E-state index is -5.44. The van der Waals surface area contributed by atoms with Gasteiger partial charge in [-0.3, -0.25) is 14.4 Å². The zero-order valence-electron chi connectivity index (χ0n) is 29.7. The van der Waals surface area contributed by atoms with Gasteiger partial charge in [0.15, 0.2) is 0 Å². The predicted octanol–water partition coefficient (Wildman–Crippen LogP) is 8.23. The Kier molecular flexibility index (Phi) is 12.8. The lowest BCUT2D eigenvalue weighted by Gasteiger charge is -2.31. The van der Waals surface area contributed by atoms with Gasteiger partial charge in [0, 0.05) is 29.9 Å². The van der Waals surface area contributed by atoms with Crippen LogP contribution in [0.5, 0.6) is 0 Å². The second-order valence-electron chi connectivity index (χ2n) is 13.5. The summed E-state index contributed by atoms with van der Waals surface area (Å²) in [5, 5.41) is 2.21. The molecule has 0 spiro atoms. The summed E-state index contributed by atoms with van der Waals surface area (Å²) in [6.45, 7) is 8.50. The number of amides is 1. The van der Waals surface area contributed by atoms with E-state index in [-0.39, 0.29) is 54.3 Å². The molecule has 1 saturated heterocycles. The van der Waals surface area contributed by atoms with Crippen LogP contribution >= 0.6 is 0 Å². The van der Waals surface area contributed by atoms with Gasteiger partial charge in [-0.15, -0.1) is 0 Å². The maximum absolute atomic E-state index is 16.6. The SMILES string of the molecule is CCOC(=O)C[C@H](NC(=O)C(CC(C)C)n1cc(CCN2CCC2)c(C(F)(F)F)cc1=O)c1c(F)c(-c2c(C)ccc(F)c2C)cc(C(F)(F)F)c1F. The van der Waals surface area contributed by atoms with E-state index in [1.807, 2.05) is 4.90 Å². The molecule has 0 aliphatic carbocycles. The van der Waals surface area contributed by atoms with Crippen LogP contribution in [0.1, 0.15) is 85.5 Å². The van der Waals surface area contributed by atoms with E-state index in [4.69, 9.17) is 4.74 Å². The lowest BCUT2D eigenvalue weighted by atomic mass is 9.89. The van der Waals surface area contributed by atoms with Crippen LogP contribution in [0.15, 0.2) is 35.3 Å². The number of carbonyl (C=O) groups excluding carboxylic acids is 2.